The molecule has 0 saturated carbocycles. The van der Waals surface area contributed by atoms with Gasteiger partial charge in [-0.15, -0.1) is 0 Å². The Hall–Kier alpha value is -3.16. The van der Waals surface area contributed by atoms with Crippen molar-refractivity contribution >= 4 is 21.8 Å². The van der Waals surface area contributed by atoms with Crippen molar-refractivity contribution in [1.82, 2.24) is 14.9 Å². The second kappa shape index (κ2) is 12.6. The van der Waals surface area contributed by atoms with Crippen molar-refractivity contribution in [2.75, 3.05) is 20.3 Å². The topological polar surface area (TPSA) is 125 Å². The average molecular weight is 586 g/mol. The Morgan fingerprint density at radius 2 is 1.80 bits per heavy atom. The van der Waals surface area contributed by atoms with Gasteiger partial charge in [0.1, 0.15) is 17.8 Å². The minimum absolute atomic E-state index is 0.0518. The van der Waals surface area contributed by atoms with Gasteiger partial charge in [0.2, 0.25) is 21.8 Å². The first kappa shape index (κ1) is 31.4. The maximum atomic E-state index is 13.5. The van der Waals surface area contributed by atoms with Crippen LogP contribution in [0.25, 0.3) is 0 Å². The monoisotopic (exact) mass is 585 g/mol. The van der Waals surface area contributed by atoms with Crippen LogP contribution in [0.2, 0.25) is 0 Å². The van der Waals surface area contributed by atoms with Crippen LogP contribution in [-0.2, 0) is 32.2 Å². The summed E-state index contributed by atoms with van der Waals surface area (Å²) in [6, 6.07) is 7.84. The first-order chi connectivity index (χ1) is 18.7. The van der Waals surface area contributed by atoms with Gasteiger partial charge in [-0.05, 0) is 62.6 Å². The predicted octanol–water partition coefficient (Wildman–Crippen LogP) is 2.87. The number of hydrogen-bond donors (Lipinski definition) is 3. The summed E-state index contributed by atoms with van der Waals surface area (Å²) in [5.74, 6) is -0.745. The molecule has 2 atom stereocenters. The van der Waals surface area contributed by atoms with E-state index in [4.69, 9.17) is 4.74 Å². The molecule has 3 N–H and O–H groups in total. The van der Waals surface area contributed by atoms with Crippen molar-refractivity contribution in [2.45, 2.75) is 68.2 Å². The minimum Gasteiger partial charge on any atom is -0.497 e. The number of hydrogen-bond acceptors (Lipinski definition) is 6. The third-order valence-corrected chi connectivity index (χ3v) is 8.52. The number of sulfonamides is 1. The molecule has 40 heavy (non-hydrogen) atoms. The van der Waals surface area contributed by atoms with E-state index in [9.17, 15) is 36.3 Å². The number of ether oxygens (including phenoxy) is 1. The van der Waals surface area contributed by atoms with Gasteiger partial charge in [-0.25, -0.2) is 8.42 Å². The van der Waals surface area contributed by atoms with E-state index in [0.717, 1.165) is 22.5 Å². The van der Waals surface area contributed by atoms with E-state index >= 15 is 0 Å². The summed E-state index contributed by atoms with van der Waals surface area (Å²) in [5, 5.41) is 14.9. The summed E-state index contributed by atoms with van der Waals surface area (Å²) < 4.78 is 72.7. The zero-order valence-corrected chi connectivity index (χ0v) is 23.3. The highest BCUT2D eigenvalue weighted by molar-refractivity contribution is 7.89. The van der Waals surface area contributed by atoms with Crippen molar-refractivity contribution in [3.8, 4) is 5.75 Å². The van der Waals surface area contributed by atoms with Crippen LogP contribution in [0.15, 0.2) is 53.4 Å². The number of methoxy groups -OCH3 is 1. The first-order valence-electron chi connectivity index (χ1n) is 12.7. The number of amides is 2. The normalized spacial score (nSPS) is 17.6. The van der Waals surface area contributed by atoms with E-state index in [-0.39, 0.29) is 26.0 Å². The van der Waals surface area contributed by atoms with Crippen molar-refractivity contribution in [3.05, 3.63) is 59.7 Å². The number of halogens is 3. The van der Waals surface area contributed by atoms with Gasteiger partial charge in [0.25, 0.3) is 0 Å². The third kappa shape index (κ3) is 7.73. The molecule has 0 aromatic heterocycles. The number of aliphatic hydroxyl groups is 1. The van der Waals surface area contributed by atoms with E-state index in [1.54, 1.807) is 38.1 Å². The van der Waals surface area contributed by atoms with Crippen LogP contribution in [-0.4, -0.2) is 67.5 Å². The van der Waals surface area contributed by atoms with E-state index in [2.05, 4.69) is 10.6 Å². The Morgan fingerprint density at radius 3 is 2.40 bits per heavy atom. The number of alkyl halides is 3. The minimum atomic E-state index is -4.74. The standard InChI is InChI=1S/C27H34F3N3O6S/c1-26(2,17-34)32-24(35)22(15-18-10-12-20(39-3)13-11-18)31-25(36)23-9-4-5-14-33(23)40(37,38)21-8-6-7-19(16-21)27(28,29)30/h6-8,10-13,16,22-23,34H,4-5,9,14-15,17H2,1-3H3,(H,31,36)(H,32,35)/t22-,23-/m0/s1. The Balaban J connectivity index is 1.89. The van der Waals surface area contributed by atoms with Gasteiger partial charge in [-0.3, -0.25) is 9.59 Å². The van der Waals surface area contributed by atoms with E-state index < -0.39 is 56.1 Å². The van der Waals surface area contributed by atoms with Gasteiger partial charge in [0.15, 0.2) is 0 Å². The van der Waals surface area contributed by atoms with E-state index in [0.29, 0.717) is 30.2 Å². The molecule has 0 aliphatic carbocycles. The van der Waals surface area contributed by atoms with Crippen LogP contribution in [0.4, 0.5) is 13.2 Å². The quantitative estimate of drug-likeness (QED) is 0.394. The molecule has 1 fully saturated rings. The van der Waals surface area contributed by atoms with Crippen molar-refractivity contribution in [2.24, 2.45) is 0 Å². The molecule has 0 spiro atoms. The molecule has 1 aliphatic heterocycles. The molecular weight excluding hydrogens is 551 g/mol. The van der Waals surface area contributed by atoms with Gasteiger partial charge >= 0.3 is 6.18 Å². The molecule has 3 rings (SSSR count). The van der Waals surface area contributed by atoms with Crippen LogP contribution >= 0.6 is 0 Å². The molecule has 1 saturated heterocycles. The van der Waals surface area contributed by atoms with Crippen molar-refractivity contribution in [1.29, 1.82) is 0 Å². The second-order valence-corrected chi connectivity index (χ2v) is 12.2. The molecule has 220 valence electrons. The number of piperidine rings is 1. The van der Waals surface area contributed by atoms with Gasteiger partial charge in [-0.2, -0.15) is 17.5 Å². The number of benzene rings is 2. The summed E-state index contributed by atoms with van der Waals surface area (Å²) in [7, 11) is -2.96. The maximum Gasteiger partial charge on any atom is 0.416 e. The molecule has 2 aromatic carbocycles. The lowest BCUT2D eigenvalue weighted by molar-refractivity contribution is -0.137. The highest BCUT2D eigenvalue weighted by Crippen LogP contribution is 2.32. The van der Waals surface area contributed by atoms with Gasteiger partial charge in [-0.1, -0.05) is 24.6 Å². The van der Waals surface area contributed by atoms with Crippen LogP contribution in [0.3, 0.4) is 0 Å². The Kier molecular flexibility index (Phi) is 9.85. The number of carbonyl (C=O) groups excluding carboxylic acids is 2. The molecule has 0 radical (unpaired) electrons. The predicted molar refractivity (Wildman–Crippen MR) is 141 cm³/mol. The summed E-state index contributed by atoms with van der Waals surface area (Å²) in [6.45, 7) is 2.76. The Labute approximate surface area is 231 Å². The molecule has 13 heteroatoms. The lowest BCUT2D eigenvalue weighted by Crippen LogP contribution is -2.59. The second-order valence-electron chi connectivity index (χ2n) is 10.3. The average Bonchev–Trinajstić information content (AvgIpc) is 2.92. The summed E-state index contributed by atoms with van der Waals surface area (Å²) >= 11 is 0. The van der Waals surface area contributed by atoms with Crippen LogP contribution in [0.5, 0.6) is 5.75 Å². The zero-order valence-electron chi connectivity index (χ0n) is 22.5. The van der Waals surface area contributed by atoms with Crippen LogP contribution in [0.1, 0.15) is 44.2 Å². The summed E-state index contributed by atoms with van der Waals surface area (Å²) in [6.07, 6.45) is -3.63. The molecular formula is C27H34F3N3O6S. The molecule has 0 bridgehead atoms. The number of nitrogens with zero attached hydrogens (tertiary/aromatic N) is 1. The number of nitrogens with one attached hydrogen (secondary N) is 2. The maximum absolute atomic E-state index is 13.5. The zero-order chi connectivity index (χ0) is 29.7. The molecule has 1 aliphatic rings. The molecule has 2 aromatic rings. The molecule has 2 amide bonds. The highest BCUT2D eigenvalue weighted by atomic mass is 32.2. The molecule has 1 heterocycles. The number of aliphatic hydroxyl groups excluding tert-OH is 1. The van der Waals surface area contributed by atoms with Crippen LogP contribution < -0.4 is 15.4 Å². The van der Waals surface area contributed by atoms with Gasteiger partial charge < -0.3 is 20.5 Å². The lowest BCUT2D eigenvalue weighted by atomic mass is 10.0. The fourth-order valence-corrected chi connectivity index (χ4v) is 6.06. The van der Waals surface area contributed by atoms with Crippen LogP contribution in [0, 0.1) is 0 Å². The molecule has 9 nitrogen and oxygen atoms in total. The third-order valence-electron chi connectivity index (χ3n) is 6.61. The first-order valence-corrected chi connectivity index (χ1v) is 14.2. The van der Waals surface area contributed by atoms with E-state index in [1.165, 1.54) is 7.11 Å². The lowest BCUT2D eigenvalue weighted by Gasteiger charge is -2.35. The highest BCUT2D eigenvalue weighted by Gasteiger charge is 2.40. The fraction of sp³-hybridized carbons (Fsp3) is 0.481. The van der Waals surface area contributed by atoms with Crippen molar-refractivity contribution < 1.29 is 41.0 Å². The summed E-state index contributed by atoms with van der Waals surface area (Å²) in [4.78, 5) is 26.1. The Bertz CT molecular complexity index is 1300. The molecule has 0 unspecified atom stereocenters. The van der Waals surface area contributed by atoms with Gasteiger partial charge in [0, 0.05) is 13.0 Å². The van der Waals surface area contributed by atoms with E-state index in [1.807, 2.05) is 0 Å². The summed E-state index contributed by atoms with van der Waals surface area (Å²) in [5.41, 5.74) is -1.43. The van der Waals surface area contributed by atoms with Gasteiger partial charge in [0.05, 0.1) is 29.7 Å². The SMILES string of the molecule is COc1ccc(C[C@H](NC(=O)[C@@H]2CCCCN2S(=O)(=O)c2cccc(C(F)(F)F)c2)C(=O)NC(C)(C)CO)cc1. The Morgan fingerprint density at radius 1 is 1.12 bits per heavy atom. The largest absolute Gasteiger partial charge is 0.497 e. The number of carbonyl (C=O) groups is 2. The van der Waals surface area contributed by atoms with Crippen molar-refractivity contribution in [3.63, 3.8) is 0 Å². The fourth-order valence-electron chi connectivity index (χ4n) is 4.36. The number of rotatable bonds is 10. The smallest absolute Gasteiger partial charge is 0.416 e.